The molecule has 0 N–H and O–H groups in total. The SMILES string of the molecule is N#Cc1cc(-c2ccc(F)c(F)c2)cc(C(F)(F)F)c1. The number of nitriles is 1. The fraction of sp³-hybridized carbons (Fsp3) is 0.0714. The molecule has 20 heavy (non-hydrogen) atoms. The van der Waals surface area contributed by atoms with Gasteiger partial charge in [-0.15, -0.1) is 0 Å². The van der Waals surface area contributed by atoms with Crippen molar-refractivity contribution in [1.82, 2.24) is 0 Å². The van der Waals surface area contributed by atoms with Crippen molar-refractivity contribution in [1.29, 1.82) is 5.26 Å². The van der Waals surface area contributed by atoms with Crippen LogP contribution in [0.5, 0.6) is 0 Å². The van der Waals surface area contributed by atoms with E-state index in [9.17, 15) is 22.0 Å². The summed E-state index contributed by atoms with van der Waals surface area (Å²) in [7, 11) is 0. The third-order valence-electron chi connectivity index (χ3n) is 2.64. The number of alkyl halides is 3. The molecule has 2 rings (SSSR count). The molecule has 0 saturated heterocycles. The molecule has 0 aliphatic rings. The van der Waals surface area contributed by atoms with E-state index in [1.165, 1.54) is 6.07 Å². The third kappa shape index (κ3) is 2.77. The average molecular weight is 283 g/mol. The van der Waals surface area contributed by atoms with Crippen LogP contribution in [0.25, 0.3) is 11.1 Å². The first-order chi connectivity index (χ1) is 9.31. The van der Waals surface area contributed by atoms with Crippen LogP contribution < -0.4 is 0 Å². The fourth-order valence-corrected chi connectivity index (χ4v) is 1.70. The van der Waals surface area contributed by atoms with Gasteiger partial charge in [-0.3, -0.25) is 0 Å². The summed E-state index contributed by atoms with van der Waals surface area (Å²) in [6.07, 6.45) is -4.62. The zero-order valence-electron chi connectivity index (χ0n) is 9.80. The highest BCUT2D eigenvalue weighted by Crippen LogP contribution is 2.33. The van der Waals surface area contributed by atoms with Crippen LogP contribution in [0.2, 0.25) is 0 Å². The van der Waals surface area contributed by atoms with Gasteiger partial charge in [-0.1, -0.05) is 6.07 Å². The van der Waals surface area contributed by atoms with Crippen molar-refractivity contribution in [3.63, 3.8) is 0 Å². The molecular formula is C14H6F5N. The van der Waals surface area contributed by atoms with Crippen LogP contribution in [0.15, 0.2) is 36.4 Å². The minimum atomic E-state index is -4.62. The zero-order chi connectivity index (χ0) is 14.9. The van der Waals surface area contributed by atoms with E-state index in [4.69, 9.17) is 5.26 Å². The molecule has 0 aromatic heterocycles. The quantitative estimate of drug-likeness (QED) is 0.706. The number of halogens is 5. The Morgan fingerprint density at radius 3 is 2.10 bits per heavy atom. The average Bonchev–Trinajstić information content (AvgIpc) is 2.40. The Bertz CT molecular complexity index is 698. The molecule has 0 heterocycles. The molecular weight excluding hydrogens is 277 g/mol. The van der Waals surface area contributed by atoms with Crippen molar-refractivity contribution in [3.8, 4) is 17.2 Å². The van der Waals surface area contributed by atoms with E-state index in [1.807, 2.05) is 0 Å². The van der Waals surface area contributed by atoms with Gasteiger partial charge in [-0.2, -0.15) is 18.4 Å². The maximum absolute atomic E-state index is 13.1. The Labute approximate surface area is 110 Å². The summed E-state index contributed by atoms with van der Waals surface area (Å²) in [6, 6.07) is 7.02. The predicted octanol–water partition coefficient (Wildman–Crippen LogP) is 4.52. The summed E-state index contributed by atoms with van der Waals surface area (Å²) in [4.78, 5) is 0. The van der Waals surface area contributed by atoms with E-state index in [1.54, 1.807) is 6.07 Å². The van der Waals surface area contributed by atoms with Crippen LogP contribution in [0.1, 0.15) is 11.1 Å². The van der Waals surface area contributed by atoms with Gasteiger partial charge in [0.15, 0.2) is 11.6 Å². The second-order valence-corrected chi connectivity index (χ2v) is 4.04. The van der Waals surface area contributed by atoms with Crippen molar-refractivity contribution in [3.05, 3.63) is 59.2 Å². The molecule has 0 aliphatic heterocycles. The lowest BCUT2D eigenvalue weighted by Gasteiger charge is -2.10. The van der Waals surface area contributed by atoms with Gasteiger partial charge in [0.2, 0.25) is 0 Å². The molecule has 1 nitrogen and oxygen atoms in total. The Morgan fingerprint density at radius 2 is 1.55 bits per heavy atom. The Balaban J connectivity index is 2.62. The topological polar surface area (TPSA) is 23.8 Å². The van der Waals surface area contributed by atoms with E-state index in [2.05, 4.69) is 0 Å². The van der Waals surface area contributed by atoms with Gasteiger partial charge in [0.05, 0.1) is 17.2 Å². The molecule has 0 saturated carbocycles. The van der Waals surface area contributed by atoms with Gasteiger partial charge in [0.1, 0.15) is 0 Å². The lowest BCUT2D eigenvalue weighted by molar-refractivity contribution is -0.137. The van der Waals surface area contributed by atoms with Crippen molar-refractivity contribution in [2.75, 3.05) is 0 Å². The largest absolute Gasteiger partial charge is 0.416 e. The van der Waals surface area contributed by atoms with Gasteiger partial charge in [-0.25, -0.2) is 8.78 Å². The normalized spacial score (nSPS) is 11.2. The molecule has 0 unspecified atom stereocenters. The molecule has 6 heteroatoms. The van der Waals surface area contributed by atoms with Gasteiger partial charge >= 0.3 is 6.18 Å². The highest BCUT2D eigenvalue weighted by molar-refractivity contribution is 5.66. The van der Waals surface area contributed by atoms with Crippen LogP contribution in [-0.4, -0.2) is 0 Å². The van der Waals surface area contributed by atoms with Gasteiger partial charge < -0.3 is 0 Å². The first kappa shape index (κ1) is 14.0. The van der Waals surface area contributed by atoms with Crippen LogP contribution in [0, 0.1) is 23.0 Å². The molecule has 0 radical (unpaired) electrons. The Morgan fingerprint density at radius 1 is 0.850 bits per heavy atom. The predicted molar refractivity (Wildman–Crippen MR) is 61.5 cm³/mol. The third-order valence-corrected chi connectivity index (χ3v) is 2.64. The van der Waals surface area contributed by atoms with Crippen LogP contribution in [-0.2, 0) is 6.18 Å². The number of hydrogen-bond donors (Lipinski definition) is 0. The summed E-state index contributed by atoms with van der Waals surface area (Å²) >= 11 is 0. The molecule has 0 fully saturated rings. The first-order valence-electron chi connectivity index (χ1n) is 5.39. The highest BCUT2D eigenvalue weighted by atomic mass is 19.4. The second-order valence-electron chi connectivity index (χ2n) is 4.04. The van der Waals surface area contributed by atoms with E-state index in [-0.39, 0.29) is 16.7 Å². The molecule has 0 aliphatic carbocycles. The van der Waals surface area contributed by atoms with Crippen LogP contribution in [0.4, 0.5) is 22.0 Å². The monoisotopic (exact) mass is 283 g/mol. The zero-order valence-corrected chi connectivity index (χ0v) is 9.80. The smallest absolute Gasteiger partial charge is 0.204 e. The Kier molecular flexibility index (Phi) is 3.45. The summed E-state index contributed by atoms with van der Waals surface area (Å²) < 4.78 is 64.0. The summed E-state index contributed by atoms with van der Waals surface area (Å²) in [6.45, 7) is 0. The molecule has 0 spiro atoms. The summed E-state index contributed by atoms with van der Waals surface area (Å²) in [5.74, 6) is -2.26. The molecule has 0 amide bonds. The Hall–Kier alpha value is -2.42. The van der Waals surface area contributed by atoms with Gasteiger partial charge in [-0.05, 0) is 41.5 Å². The lowest BCUT2D eigenvalue weighted by Crippen LogP contribution is -2.05. The standard InChI is InChI=1S/C14H6F5N/c15-12-2-1-9(6-13(12)16)10-3-8(7-20)4-11(5-10)14(17,18)19/h1-6H. The maximum Gasteiger partial charge on any atom is 0.416 e. The number of rotatable bonds is 1. The number of benzene rings is 2. The number of hydrogen-bond acceptors (Lipinski definition) is 1. The maximum atomic E-state index is 13.1. The lowest BCUT2D eigenvalue weighted by atomic mass is 9.99. The van der Waals surface area contributed by atoms with E-state index in [0.29, 0.717) is 6.07 Å². The van der Waals surface area contributed by atoms with E-state index >= 15 is 0 Å². The minimum Gasteiger partial charge on any atom is -0.204 e. The molecule has 0 bridgehead atoms. The molecule has 0 atom stereocenters. The molecule has 2 aromatic carbocycles. The second kappa shape index (κ2) is 4.93. The van der Waals surface area contributed by atoms with Crippen molar-refractivity contribution in [2.45, 2.75) is 6.18 Å². The number of nitrogens with zero attached hydrogens (tertiary/aromatic N) is 1. The minimum absolute atomic E-state index is 0.00437. The van der Waals surface area contributed by atoms with Crippen molar-refractivity contribution >= 4 is 0 Å². The van der Waals surface area contributed by atoms with Crippen LogP contribution >= 0.6 is 0 Å². The van der Waals surface area contributed by atoms with Crippen molar-refractivity contribution in [2.24, 2.45) is 0 Å². The summed E-state index contributed by atoms with van der Waals surface area (Å²) in [5, 5.41) is 8.75. The van der Waals surface area contributed by atoms with E-state index in [0.717, 1.165) is 24.3 Å². The summed E-state index contributed by atoms with van der Waals surface area (Å²) in [5.41, 5.74) is -1.17. The fourth-order valence-electron chi connectivity index (χ4n) is 1.70. The highest BCUT2D eigenvalue weighted by Gasteiger charge is 2.31. The molecule has 2 aromatic rings. The van der Waals surface area contributed by atoms with E-state index < -0.39 is 23.4 Å². The van der Waals surface area contributed by atoms with Gasteiger partial charge in [0, 0.05) is 0 Å². The molecule has 102 valence electrons. The van der Waals surface area contributed by atoms with Gasteiger partial charge in [0.25, 0.3) is 0 Å². The van der Waals surface area contributed by atoms with Crippen molar-refractivity contribution < 1.29 is 22.0 Å². The first-order valence-corrected chi connectivity index (χ1v) is 5.39. The van der Waals surface area contributed by atoms with Crippen LogP contribution in [0.3, 0.4) is 0 Å².